The minimum atomic E-state index is -4.51. The molecule has 0 aliphatic rings. The molecule has 7 nitrogen and oxygen atoms in total. The lowest BCUT2D eigenvalue weighted by Gasteiger charge is -2.10. The SMILES string of the molecule is Cc1ccccc1CNC(=O)Cn1cnc2c(cnn2-c2cccc(C(F)(F)F)c2)c1=O. The summed E-state index contributed by atoms with van der Waals surface area (Å²) in [6.07, 6.45) is -2.10. The number of rotatable bonds is 5. The molecule has 32 heavy (non-hydrogen) atoms. The summed E-state index contributed by atoms with van der Waals surface area (Å²) < 4.78 is 41.4. The highest BCUT2D eigenvalue weighted by molar-refractivity contribution is 5.78. The molecular formula is C22H18F3N5O2. The van der Waals surface area contributed by atoms with Crippen LogP contribution in [0.25, 0.3) is 16.7 Å². The quantitative estimate of drug-likeness (QED) is 0.516. The molecule has 0 unspecified atom stereocenters. The van der Waals surface area contributed by atoms with Crippen molar-refractivity contribution in [2.75, 3.05) is 0 Å². The van der Waals surface area contributed by atoms with Gasteiger partial charge in [-0.05, 0) is 36.2 Å². The summed E-state index contributed by atoms with van der Waals surface area (Å²) >= 11 is 0. The maximum Gasteiger partial charge on any atom is 0.416 e. The number of benzene rings is 2. The van der Waals surface area contributed by atoms with Gasteiger partial charge in [0.05, 0.1) is 17.4 Å². The number of nitrogens with one attached hydrogen (secondary N) is 1. The number of carbonyl (C=O) groups is 1. The first-order valence-electron chi connectivity index (χ1n) is 9.66. The molecule has 0 saturated heterocycles. The van der Waals surface area contributed by atoms with Gasteiger partial charge in [0, 0.05) is 6.54 Å². The van der Waals surface area contributed by atoms with Crippen LogP contribution in [-0.4, -0.2) is 25.2 Å². The number of carbonyl (C=O) groups excluding carboxylic acids is 1. The zero-order valence-electron chi connectivity index (χ0n) is 16.9. The van der Waals surface area contributed by atoms with Crippen molar-refractivity contribution in [3.8, 4) is 5.69 Å². The van der Waals surface area contributed by atoms with E-state index in [-0.39, 0.29) is 29.2 Å². The average Bonchev–Trinajstić information content (AvgIpc) is 3.19. The molecule has 4 rings (SSSR count). The van der Waals surface area contributed by atoms with Gasteiger partial charge in [-0.25, -0.2) is 9.67 Å². The molecule has 0 atom stereocenters. The second-order valence-corrected chi connectivity index (χ2v) is 7.22. The topological polar surface area (TPSA) is 81.8 Å². The van der Waals surface area contributed by atoms with Crippen molar-refractivity contribution in [2.24, 2.45) is 0 Å². The van der Waals surface area contributed by atoms with Crippen molar-refractivity contribution in [1.82, 2.24) is 24.6 Å². The van der Waals surface area contributed by atoms with E-state index in [1.807, 2.05) is 31.2 Å². The number of fused-ring (bicyclic) bond motifs is 1. The van der Waals surface area contributed by atoms with Crippen LogP contribution in [0.15, 0.2) is 65.8 Å². The lowest BCUT2D eigenvalue weighted by atomic mass is 10.1. The summed E-state index contributed by atoms with van der Waals surface area (Å²) in [4.78, 5) is 29.2. The molecule has 0 spiro atoms. The molecule has 0 saturated carbocycles. The highest BCUT2D eigenvalue weighted by Gasteiger charge is 2.30. The number of amides is 1. The molecular weight excluding hydrogens is 423 g/mol. The molecule has 1 amide bonds. The second kappa shape index (κ2) is 8.29. The van der Waals surface area contributed by atoms with Crippen LogP contribution in [0.3, 0.4) is 0 Å². The zero-order chi connectivity index (χ0) is 22.9. The predicted octanol–water partition coefficient (Wildman–Crippen LogP) is 3.23. The van der Waals surface area contributed by atoms with Crippen molar-refractivity contribution in [1.29, 1.82) is 0 Å². The van der Waals surface area contributed by atoms with Crippen LogP contribution in [0.2, 0.25) is 0 Å². The molecule has 4 aromatic rings. The van der Waals surface area contributed by atoms with Crippen LogP contribution in [-0.2, 0) is 24.1 Å². The molecule has 0 aliphatic carbocycles. The summed E-state index contributed by atoms with van der Waals surface area (Å²) in [5.41, 5.74) is 0.872. The van der Waals surface area contributed by atoms with Crippen LogP contribution in [0.1, 0.15) is 16.7 Å². The van der Waals surface area contributed by atoms with Gasteiger partial charge in [-0.1, -0.05) is 30.3 Å². The van der Waals surface area contributed by atoms with Gasteiger partial charge in [-0.2, -0.15) is 18.3 Å². The Labute approximate surface area is 180 Å². The first kappa shape index (κ1) is 21.3. The number of aromatic nitrogens is 4. The molecule has 0 fully saturated rings. The normalized spacial score (nSPS) is 11.6. The lowest BCUT2D eigenvalue weighted by molar-refractivity contribution is -0.137. The van der Waals surface area contributed by atoms with E-state index in [1.54, 1.807) is 0 Å². The second-order valence-electron chi connectivity index (χ2n) is 7.22. The number of hydrogen-bond acceptors (Lipinski definition) is 4. The fraction of sp³-hybridized carbons (Fsp3) is 0.182. The Hall–Kier alpha value is -3.95. The van der Waals surface area contributed by atoms with Crippen molar-refractivity contribution in [2.45, 2.75) is 26.2 Å². The highest BCUT2D eigenvalue weighted by Crippen LogP contribution is 2.30. The Kier molecular flexibility index (Phi) is 5.52. The first-order valence-corrected chi connectivity index (χ1v) is 9.66. The fourth-order valence-corrected chi connectivity index (χ4v) is 3.28. The third-order valence-electron chi connectivity index (χ3n) is 5.02. The molecule has 2 aromatic heterocycles. The Morgan fingerprint density at radius 1 is 1.12 bits per heavy atom. The third-order valence-corrected chi connectivity index (χ3v) is 5.02. The summed E-state index contributed by atoms with van der Waals surface area (Å²) in [7, 11) is 0. The van der Waals surface area contributed by atoms with E-state index in [0.717, 1.165) is 32.5 Å². The highest BCUT2D eigenvalue weighted by atomic mass is 19.4. The number of nitrogens with zero attached hydrogens (tertiary/aromatic N) is 4. The number of aryl methyl sites for hydroxylation is 1. The minimum absolute atomic E-state index is 0.0941. The van der Waals surface area contributed by atoms with Gasteiger partial charge < -0.3 is 5.32 Å². The van der Waals surface area contributed by atoms with Gasteiger partial charge in [0.2, 0.25) is 5.91 Å². The smallest absolute Gasteiger partial charge is 0.350 e. The maximum atomic E-state index is 13.0. The van der Waals surface area contributed by atoms with Gasteiger partial charge in [-0.15, -0.1) is 0 Å². The molecule has 10 heteroatoms. The monoisotopic (exact) mass is 441 g/mol. The summed E-state index contributed by atoms with van der Waals surface area (Å²) in [6, 6.07) is 12.2. The van der Waals surface area contributed by atoms with E-state index in [4.69, 9.17) is 0 Å². The molecule has 0 aliphatic heterocycles. The van der Waals surface area contributed by atoms with Crippen molar-refractivity contribution >= 4 is 16.9 Å². The minimum Gasteiger partial charge on any atom is -0.350 e. The first-order chi connectivity index (χ1) is 15.2. The van der Waals surface area contributed by atoms with E-state index in [9.17, 15) is 22.8 Å². The number of halogens is 3. The van der Waals surface area contributed by atoms with Gasteiger partial charge in [0.1, 0.15) is 18.3 Å². The van der Waals surface area contributed by atoms with E-state index < -0.39 is 17.3 Å². The van der Waals surface area contributed by atoms with Crippen LogP contribution in [0.4, 0.5) is 13.2 Å². The van der Waals surface area contributed by atoms with E-state index in [2.05, 4.69) is 15.4 Å². The molecule has 2 aromatic carbocycles. The molecule has 2 heterocycles. The Morgan fingerprint density at radius 2 is 1.91 bits per heavy atom. The largest absolute Gasteiger partial charge is 0.416 e. The van der Waals surface area contributed by atoms with Gasteiger partial charge in [0.15, 0.2) is 5.65 Å². The van der Waals surface area contributed by atoms with Crippen LogP contribution in [0, 0.1) is 6.92 Å². The molecule has 164 valence electrons. The Balaban J connectivity index is 1.56. The van der Waals surface area contributed by atoms with Crippen molar-refractivity contribution in [3.63, 3.8) is 0 Å². The van der Waals surface area contributed by atoms with Crippen molar-refractivity contribution < 1.29 is 18.0 Å². The number of alkyl halides is 3. The van der Waals surface area contributed by atoms with Crippen molar-refractivity contribution in [3.05, 3.63) is 88.1 Å². The average molecular weight is 441 g/mol. The predicted molar refractivity (Wildman–Crippen MR) is 111 cm³/mol. The van der Waals surface area contributed by atoms with Gasteiger partial charge in [0.25, 0.3) is 5.56 Å². The molecule has 0 radical (unpaired) electrons. The Bertz CT molecular complexity index is 1360. The lowest BCUT2D eigenvalue weighted by Crippen LogP contribution is -2.32. The Morgan fingerprint density at radius 3 is 2.66 bits per heavy atom. The standard InChI is InChI=1S/C22H18F3N5O2/c1-14-5-2-3-6-15(14)10-26-19(31)12-29-13-27-20-18(21(29)32)11-28-30(20)17-8-4-7-16(9-17)22(23,24)25/h2-9,11,13H,10,12H2,1H3,(H,26,31). The van der Waals surface area contributed by atoms with Crippen LogP contribution >= 0.6 is 0 Å². The zero-order valence-corrected chi connectivity index (χ0v) is 16.9. The van der Waals surface area contributed by atoms with Gasteiger partial charge in [-0.3, -0.25) is 14.2 Å². The number of hydrogen-bond donors (Lipinski definition) is 1. The summed E-state index contributed by atoms with van der Waals surface area (Å²) in [6.45, 7) is 2.01. The summed E-state index contributed by atoms with van der Waals surface area (Å²) in [5, 5.41) is 6.88. The fourth-order valence-electron chi connectivity index (χ4n) is 3.28. The summed E-state index contributed by atoms with van der Waals surface area (Å²) in [5.74, 6) is -0.373. The van der Waals surface area contributed by atoms with E-state index in [1.165, 1.54) is 24.7 Å². The van der Waals surface area contributed by atoms with E-state index >= 15 is 0 Å². The third kappa shape index (κ3) is 4.25. The van der Waals surface area contributed by atoms with Gasteiger partial charge >= 0.3 is 6.18 Å². The van der Waals surface area contributed by atoms with E-state index in [0.29, 0.717) is 6.54 Å². The van der Waals surface area contributed by atoms with Crippen LogP contribution in [0.5, 0.6) is 0 Å². The molecule has 1 N–H and O–H groups in total. The maximum absolute atomic E-state index is 13.0. The van der Waals surface area contributed by atoms with Crippen LogP contribution < -0.4 is 10.9 Å². The molecule has 0 bridgehead atoms.